The Morgan fingerprint density at radius 3 is 2.52 bits per heavy atom. The molecule has 2 rings (SSSR count). The Morgan fingerprint density at radius 1 is 1.19 bits per heavy atom. The van der Waals surface area contributed by atoms with Gasteiger partial charge >= 0.3 is 5.69 Å². The zero-order valence-corrected chi connectivity index (χ0v) is 13.3. The van der Waals surface area contributed by atoms with E-state index in [1.807, 2.05) is 0 Å². The van der Waals surface area contributed by atoms with Crippen molar-refractivity contribution in [1.29, 1.82) is 0 Å². The maximum absolute atomic E-state index is 12.0. The zero-order chi connectivity index (χ0) is 15.4. The minimum atomic E-state index is -0.287. The fourth-order valence-corrected chi connectivity index (χ4v) is 2.91. The second-order valence-electron chi connectivity index (χ2n) is 5.99. The zero-order valence-electron chi connectivity index (χ0n) is 13.3. The Balaban J connectivity index is 1.91. The fourth-order valence-electron chi connectivity index (χ4n) is 2.91. The average Bonchev–Trinajstić information content (AvgIpc) is 2.51. The summed E-state index contributed by atoms with van der Waals surface area (Å²) < 4.78 is 2.61. The molecule has 1 aromatic rings. The summed E-state index contributed by atoms with van der Waals surface area (Å²) in [5, 5.41) is 3.34. The topological polar surface area (TPSA) is 59.3 Å². The summed E-state index contributed by atoms with van der Waals surface area (Å²) >= 11 is 0. The lowest BCUT2D eigenvalue weighted by atomic mass is 10.1. The van der Waals surface area contributed by atoms with Crippen LogP contribution < -0.4 is 16.6 Å². The number of nitrogens with one attached hydrogen (secondary N) is 1. The molecule has 0 amide bonds. The molecule has 1 saturated heterocycles. The molecule has 0 aromatic carbocycles. The van der Waals surface area contributed by atoms with Crippen LogP contribution in [-0.2, 0) is 20.6 Å². The lowest BCUT2D eigenvalue weighted by Gasteiger charge is -2.32. The van der Waals surface area contributed by atoms with Gasteiger partial charge in [-0.2, -0.15) is 0 Å². The molecule has 0 saturated carbocycles. The van der Waals surface area contributed by atoms with E-state index in [9.17, 15) is 9.59 Å². The third kappa shape index (κ3) is 3.83. The van der Waals surface area contributed by atoms with Gasteiger partial charge in [0.05, 0.1) is 0 Å². The molecule has 6 nitrogen and oxygen atoms in total. The van der Waals surface area contributed by atoms with Crippen LogP contribution in [0.3, 0.4) is 0 Å². The molecule has 6 heteroatoms. The van der Waals surface area contributed by atoms with E-state index in [4.69, 9.17) is 0 Å². The summed E-state index contributed by atoms with van der Waals surface area (Å²) in [6, 6.07) is 0.474. The standard InChI is InChI=1S/C15H26N4O2/c1-12(19-7-5-4-6-8-19)9-16-10-13-11-17(2)15(21)18(3)14(13)20/h11-12,16H,4-10H2,1-3H3. The number of aromatic nitrogens is 2. The highest BCUT2D eigenvalue weighted by atomic mass is 16.2. The predicted octanol–water partition coefficient (Wildman–Crippen LogP) is 0.0480. The van der Waals surface area contributed by atoms with Crippen LogP contribution in [0.1, 0.15) is 31.7 Å². The molecule has 1 unspecified atom stereocenters. The van der Waals surface area contributed by atoms with Crippen LogP contribution in [0, 0.1) is 0 Å². The number of rotatable bonds is 5. The molecule has 1 N–H and O–H groups in total. The Hall–Kier alpha value is -1.40. The summed E-state index contributed by atoms with van der Waals surface area (Å²) in [6.45, 7) is 5.91. The molecule has 0 spiro atoms. The van der Waals surface area contributed by atoms with E-state index in [1.54, 1.807) is 13.2 Å². The van der Waals surface area contributed by atoms with Gasteiger partial charge in [0.15, 0.2) is 0 Å². The van der Waals surface area contributed by atoms with Crippen LogP contribution in [-0.4, -0.2) is 39.7 Å². The third-order valence-corrected chi connectivity index (χ3v) is 4.29. The Labute approximate surface area is 125 Å². The van der Waals surface area contributed by atoms with E-state index in [0.29, 0.717) is 18.2 Å². The van der Waals surface area contributed by atoms with Crippen molar-refractivity contribution in [1.82, 2.24) is 19.4 Å². The van der Waals surface area contributed by atoms with Gasteiger partial charge in [-0.3, -0.25) is 14.3 Å². The van der Waals surface area contributed by atoms with Crippen molar-refractivity contribution >= 4 is 0 Å². The molecular weight excluding hydrogens is 268 g/mol. The molecule has 1 aromatic heterocycles. The minimum absolute atomic E-state index is 0.212. The van der Waals surface area contributed by atoms with Gasteiger partial charge in [-0.15, -0.1) is 0 Å². The second-order valence-corrected chi connectivity index (χ2v) is 5.99. The van der Waals surface area contributed by atoms with Gasteiger partial charge < -0.3 is 9.88 Å². The highest BCUT2D eigenvalue weighted by molar-refractivity contribution is 5.05. The second kappa shape index (κ2) is 7.04. The summed E-state index contributed by atoms with van der Waals surface area (Å²) in [6.07, 6.45) is 5.53. The lowest BCUT2D eigenvalue weighted by Crippen LogP contribution is -2.44. The number of nitrogens with zero attached hydrogens (tertiary/aromatic N) is 3. The highest BCUT2D eigenvalue weighted by Gasteiger charge is 2.16. The van der Waals surface area contributed by atoms with Crippen molar-refractivity contribution in [2.24, 2.45) is 14.1 Å². The summed E-state index contributed by atoms with van der Waals surface area (Å²) in [5.74, 6) is 0. The first-order valence-corrected chi connectivity index (χ1v) is 7.71. The van der Waals surface area contributed by atoms with Gasteiger partial charge in [0.2, 0.25) is 0 Å². The van der Waals surface area contributed by atoms with Crippen LogP contribution in [0.15, 0.2) is 15.8 Å². The van der Waals surface area contributed by atoms with E-state index in [0.717, 1.165) is 11.1 Å². The van der Waals surface area contributed by atoms with E-state index in [1.165, 1.54) is 44.0 Å². The van der Waals surface area contributed by atoms with Gasteiger partial charge in [0.1, 0.15) is 0 Å². The highest BCUT2D eigenvalue weighted by Crippen LogP contribution is 2.11. The maximum Gasteiger partial charge on any atom is 0.330 e. The smallest absolute Gasteiger partial charge is 0.311 e. The van der Waals surface area contributed by atoms with Crippen LogP contribution >= 0.6 is 0 Å². The normalized spacial score (nSPS) is 17.9. The van der Waals surface area contributed by atoms with E-state index in [2.05, 4.69) is 17.1 Å². The van der Waals surface area contributed by atoms with Crippen LogP contribution in [0.4, 0.5) is 0 Å². The van der Waals surface area contributed by atoms with Crippen molar-refractivity contribution < 1.29 is 0 Å². The molecule has 1 aliphatic rings. The molecule has 0 aliphatic carbocycles. The van der Waals surface area contributed by atoms with Crippen molar-refractivity contribution in [3.8, 4) is 0 Å². The van der Waals surface area contributed by atoms with Crippen molar-refractivity contribution in [2.75, 3.05) is 19.6 Å². The average molecular weight is 294 g/mol. The molecule has 1 aliphatic heterocycles. The number of likely N-dealkylation sites (tertiary alicyclic amines) is 1. The molecule has 118 valence electrons. The SMILES string of the molecule is CC(CNCc1cn(C)c(=O)n(C)c1=O)N1CCCCC1. The number of hydrogen-bond acceptors (Lipinski definition) is 4. The first kappa shape index (κ1) is 16.0. The van der Waals surface area contributed by atoms with Gasteiger partial charge in [0, 0.05) is 45.0 Å². The van der Waals surface area contributed by atoms with E-state index in [-0.39, 0.29) is 11.2 Å². The maximum atomic E-state index is 12.0. The third-order valence-electron chi connectivity index (χ3n) is 4.29. The molecule has 0 bridgehead atoms. The summed E-state index contributed by atoms with van der Waals surface area (Å²) in [5.41, 5.74) is 0.132. The largest absolute Gasteiger partial charge is 0.330 e. The Kier molecular flexibility index (Phi) is 5.36. The van der Waals surface area contributed by atoms with Crippen molar-refractivity contribution in [2.45, 2.75) is 38.8 Å². The quantitative estimate of drug-likeness (QED) is 0.833. The van der Waals surface area contributed by atoms with E-state index < -0.39 is 0 Å². The lowest BCUT2D eigenvalue weighted by molar-refractivity contribution is 0.170. The summed E-state index contributed by atoms with van der Waals surface area (Å²) in [7, 11) is 3.19. The fraction of sp³-hybridized carbons (Fsp3) is 0.733. The number of piperidine rings is 1. The summed E-state index contributed by atoms with van der Waals surface area (Å²) in [4.78, 5) is 26.1. The van der Waals surface area contributed by atoms with Crippen molar-refractivity contribution in [3.05, 3.63) is 32.6 Å². The predicted molar refractivity (Wildman–Crippen MR) is 83.5 cm³/mol. The molecule has 21 heavy (non-hydrogen) atoms. The number of hydrogen-bond donors (Lipinski definition) is 1. The van der Waals surface area contributed by atoms with Crippen LogP contribution in [0.5, 0.6) is 0 Å². The van der Waals surface area contributed by atoms with Gasteiger partial charge in [-0.05, 0) is 32.9 Å². The molecular formula is C15H26N4O2. The molecule has 1 fully saturated rings. The molecule has 0 radical (unpaired) electrons. The van der Waals surface area contributed by atoms with Crippen LogP contribution in [0.25, 0.3) is 0 Å². The van der Waals surface area contributed by atoms with Gasteiger partial charge in [0.25, 0.3) is 5.56 Å². The van der Waals surface area contributed by atoms with Crippen molar-refractivity contribution in [3.63, 3.8) is 0 Å². The monoisotopic (exact) mass is 294 g/mol. The first-order valence-electron chi connectivity index (χ1n) is 7.71. The minimum Gasteiger partial charge on any atom is -0.311 e. The Bertz CT molecular complexity index is 584. The molecule has 1 atom stereocenters. The Morgan fingerprint density at radius 2 is 1.86 bits per heavy atom. The molecule has 2 heterocycles. The van der Waals surface area contributed by atoms with E-state index >= 15 is 0 Å². The number of aryl methyl sites for hydroxylation is 1. The first-order chi connectivity index (χ1) is 10.0. The van der Waals surface area contributed by atoms with Crippen LogP contribution in [0.2, 0.25) is 0 Å². The van der Waals surface area contributed by atoms with Gasteiger partial charge in [-0.25, -0.2) is 4.79 Å². The van der Waals surface area contributed by atoms with Gasteiger partial charge in [-0.1, -0.05) is 6.42 Å².